The summed E-state index contributed by atoms with van der Waals surface area (Å²) in [5.41, 5.74) is 9.99. The van der Waals surface area contributed by atoms with E-state index in [0.717, 1.165) is 33.2 Å². The Kier molecular flexibility index (Phi) is 2.60. The lowest BCUT2D eigenvalue weighted by Crippen LogP contribution is -1.94. The first-order valence-corrected chi connectivity index (χ1v) is 7.10. The smallest absolute Gasteiger partial charge is 0.147 e. The van der Waals surface area contributed by atoms with Crippen molar-refractivity contribution >= 4 is 22.2 Å². The van der Waals surface area contributed by atoms with Crippen molar-refractivity contribution in [2.45, 2.75) is 6.92 Å². The topological polar surface area (TPSA) is 63.5 Å². The number of anilines is 1. The maximum absolute atomic E-state index is 9.76. The van der Waals surface area contributed by atoms with Crippen LogP contribution in [0.25, 0.3) is 27.7 Å². The van der Waals surface area contributed by atoms with E-state index in [1.807, 2.05) is 53.9 Å². The average Bonchev–Trinajstić information content (AvgIpc) is 2.85. The van der Waals surface area contributed by atoms with Gasteiger partial charge in [-0.15, -0.1) is 0 Å². The third-order valence-corrected chi connectivity index (χ3v) is 4.03. The number of nitrogen functional groups attached to an aromatic ring is 1. The molecule has 108 valence electrons. The van der Waals surface area contributed by atoms with Gasteiger partial charge in [-0.1, -0.05) is 30.3 Å². The minimum absolute atomic E-state index is 0.222. The molecule has 4 heteroatoms. The van der Waals surface area contributed by atoms with Crippen LogP contribution in [0.5, 0.6) is 5.75 Å². The molecule has 0 saturated carbocycles. The molecule has 0 saturated heterocycles. The molecule has 0 aliphatic heterocycles. The monoisotopic (exact) mass is 289 g/mol. The molecular weight excluding hydrogens is 274 g/mol. The standard InChI is InChI=1S/C18H15N3O/c1-11-4-2-3-5-14(11)16-17(19)21-9-8-12-6-7-13(22)10-15(12)18(21)20-16/h2-10,22H,19H2,1H3. The number of pyridine rings is 1. The highest BCUT2D eigenvalue weighted by Crippen LogP contribution is 2.32. The zero-order chi connectivity index (χ0) is 15.3. The van der Waals surface area contributed by atoms with Crippen LogP contribution >= 0.6 is 0 Å². The van der Waals surface area contributed by atoms with E-state index in [1.165, 1.54) is 0 Å². The molecule has 0 amide bonds. The Morgan fingerprint density at radius 1 is 1.09 bits per heavy atom. The van der Waals surface area contributed by atoms with Crippen molar-refractivity contribution < 1.29 is 5.11 Å². The summed E-state index contributed by atoms with van der Waals surface area (Å²) >= 11 is 0. The van der Waals surface area contributed by atoms with E-state index in [4.69, 9.17) is 10.7 Å². The maximum atomic E-state index is 9.76. The highest BCUT2D eigenvalue weighted by molar-refractivity contribution is 5.97. The molecule has 4 nitrogen and oxygen atoms in total. The first-order valence-electron chi connectivity index (χ1n) is 7.10. The van der Waals surface area contributed by atoms with Gasteiger partial charge in [0.25, 0.3) is 0 Å². The number of aromatic nitrogens is 2. The first kappa shape index (κ1) is 12.7. The van der Waals surface area contributed by atoms with Crippen molar-refractivity contribution in [2.75, 3.05) is 5.73 Å². The Hall–Kier alpha value is -3.01. The number of phenols is 1. The number of benzene rings is 2. The number of aryl methyl sites for hydroxylation is 1. The Bertz CT molecular complexity index is 1020. The van der Waals surface area contributed by atoms with Crippen molar-refractivity contribution in [2.24, 2.45) is 0 Å². The summed E-state index contributed by atoms with van der Waals surface area (Å²) in [6.45, 7) is 2.04. The highest BCUT2D eigenvalue weighted by Gasteiger charge is 2.14. The van der Waals surface area contributed by atoms with E-state index in [1.54, 1.807) is 12.1 Å². The Labute approximate surface area is 127 Å². The van der Waals surface area contributed by atoms with E-state index in [9.17, 15) is 5.11 Å². The molecule has 0 unspecified atom stereocenters. The van der Waals surface area contributed by atoms with E-state index < -0.39 is 0 Å². The van der Waals surface area contributed by atoms with Crippen molar-refractivity contribution in [1.29, 1.82) is 0 Å². The van der Waals surface area contributed by atoms with Crippen molar-refractivity contribution in [1.82, 2.24) is 9.38 Å². The lowest BCUT2D eigenvalue weighted by Gasteiger charge is -2.03. The van der Waals surface area contributed by atoms with Gasteiger partial charge in [0, 0.05) is 17.1 Å². The summed E-state index contributed by atoms with van der Waals surface area (Å²) in [4.78, 5) is 4.74. The quantitative estimate of drug-likeness (QED) is 0.561. The summed E-state index contributed by atoms with van der Waals surface area (Å²) < 4.78 is 1.86. The average molecular weight is 289 g/mol. The van der Waals surface area contributed by atoms with Crippen LogP contribution in [-0.4, -0.2) is 14.5 Å². The largest absolute Gasteiger partial charge is 0.508 e. The number of nitrogens with two attached hydrogens (primary N) is 1. The molecule has 0 radical (unpaired) electrons. The van der Waals surface area contributed by atoms with Crippen molar-refractivity contribution in [3.05, 3.63) is 60.3 Å². The normalized spacial score (nSPS) is 11.3. The Morgan fingerprint density at radius 2 is 1.91 bits per heavy atom. The maximum Gasteiger partial charge on any atom is 0.147 e. The predicted molar refractivity (Wildman–Crippen MR) is 88.9 cm³/mol. The number of nitrogens with zero attached hydrogens (tertiary/aromatic N) is 2. The van der Waals surface area contributed by atoms with Crippen molar-refractivity contribution in [3.63, 3.8) is 0 Å². The summed E-state index contributed by atoms with van der Waals surface area (Å²) in [5.74, 6) is 0.828. The molecule has 4 rings (SSSR count). The molecule has 0 aliphatic rings. The number of phenolic OH excluding ortho intramolecular Hbond substituents is 1. The zero-order valence-electron chi connectivity index (χ0n) is 12.1. The third-order valence-electron chi connectivity index (χ3n) is 4.03. The van der Waals surface area contributed by atoms with E-state index in [2.05, 4.69) is 0 Å². The molecule has 2 aromatic heterocycles. The predicted octanol–water partition coefficient (Wildman–Crippen LogP) is 3.75. The highest BCUT2D eigenvalue weighted by atomic mass is 16.3. The fourth-order valence-corrected chi connectivity index (χ4v) is 2.86. The molecular formula is C18H15N3O. The second-order valence-corrected chi connectivity index (χ2v) is 5.44. The summed E-state index contributed by atoms with van der Waals surface area (Å²) in [5, 5.41) is 11.7. The molecule has 0 aliphatic carbocycles. The second kappa shape index (κ2) is 4.49. The fraction of sp³-hybridized carbons (Fsp3) is 0.0556. The molecule has 4 aromatic rings. The van der Waals surface area contributed by atoms with Crippen LogP contribution in [0, 0.1) is 6.92 Å². The van der Waals surface area contributed by atoms with Gasteiger partial charge in [0.2, 0.25) is 0 Å². The van der Waals surface area contributed by atoms with Gasteiger partial charge in [-0.25, -0.2) is 4.98 Å². The van der Waals surface area contributed by atoms with Crippen LogP contribution in [0.4, 0.5) is 5.82 Å². The molecule has 0 atom stereocenters. The fourth-order valence-electron chi connectivity index (χ4n) is 2.86. The number of aromatic hydroxyl groups is 1. The summed E-state index contributed by atoms with van der Waals surface area (Å²) in [6.07, 6.45) is 1.92. The molecule has 2 aromatic carbocycles. The van der Waals surface area contributed by atoms with Gasteiger partial charge >= 0.3 is 0 Å². The zero-order valence-corrected chi connectivity index (χ0v) is 12.1. The minimum Gasteiger partial charge on any atom is -0.508 e. The first-order chi connectivity index (χ1) is 10.6. The second-order valence-electron chi connectivity index (χ2n) is 5.44. The number of hydrogen-bond donors (Lipinski definition) is 2. The minimum atomic E-state index is 0.222. The van der Waals surface area contributed by atoms with Gasteiger partial charge in [-0.3, -0.25) is 4.40 Å². The SMILES string of the molecule is Cc1ccccc1-c1nc2c3cc(O)ccc3ccn2c1N. The van der Waals surface area contributed by atoms with Gasteiger partial charge in [0.1, 0.15) is 22.9 Å². The van der Waals surface area contributed by atoms with Crippen LogP contribution < -0.4 is 5.73 Å². The van der Waals surface area contributed by atoms with Crippen LogP contribution in [0.2, 0.25) is 0 Å². The number of rotatable bonds is 1. The molecule has 0 bridgehead atoms. The number of imidazole rings is 1. The van der Waals surface area contributed by atoms with E-state index >= 15 is 0 Å². The van der Waals surface area contributed by atoms with Gasteiger partial charge in [0.15, 0.2) is 0 Å². The number of fused-ring (bicyclic) bond motifs is 3. The van der Waals surface area contributed by atoms with Crippen LogP contribution in [0.15, 0.2) is 54.7 Å². The van der Waals surface area contributed by atoms with Crippen LogP contribution in [0.1, 0.15) is 5.56 Å². The lowest BCUT2D eigenvalue weighted by atomic mass is 10.1. The van der Waals surface area contributed by atoms with Gasteiger partial charge in [0.05, 0.1) is 0 Å². The van der Waals surface area contributed by atoms with Gasteiger partial charge in [-0.05, 0) is 36.1 Å². The third kappa shape index (κ3) is 1.74. The van der Waals surface area contributed by atoms with Crippen LogP contribution in [-0.2, 0) is 0 Å². The number of hydrogen-bond acceptors (Lipinski definition) is 3. The van der Waals surface area contributed by atoms with E-state index in [0.29, 0.717) is 5.82 Å². The summed E-state index contributed by atoms with van der Waals surface area (Å²) in [6, 6.07) is 15.3. The van der Waals surface area contributed by atoms with Crippen molar-refractivity contribution in [3.8, 4) is 17.0 Å². The molecule has 2 heterocycles. The Morgan fingerprint density at radius 3 is 2.73 bits per heavy atom. The molecule has 22 heavy (non-hydrogen) atoms. The lowest BCUT2D eigenvalue weighted by molar-refractivity contribution is 0.476. The molecule has 3 N–H and O–H groups in total. The molecule has 0 fully saturated rings. The summed E-state index contributed by atoms with van der Waals surface area (Å²) in [7, 11) is 0. The van der Waals surface area contributed by atoms with Gasteiger partial charge in [-0.2, -0.15) is 0 Å². The molecule has 0 spiro atoms. The van der Waals surface area contributed by atoms with Crippen LogP contribution in [0.3, 0.4) is 0 Å². The Balaban J connectivity index is 2.10. The van der Waals surface area contributed by atoms with E-state index in [-0.39, 0.29) is 5.75 Å². The van der Waals surface area contributed by atoms with Gasteiger partial charge < -0.3 is 10.8 Å².